The van der Waals surface area contributed by atoms with E-state index in [1.165, 1.54) is 16.9 Å². The molecule has 0 unspecified atom stereocenters. The number of hydrogen-bond acceptors (Lipinski definition) is 2. The molecule has 0 saturated heterocycles. The second-order valence-corrected chi connectivity index (χ2v) is 6.02. The van der Waals surface area contributed by atoms with Crippen LogP contribution in [0.15, 0.2) is 28.7 Å². The zero-order valence-electron chi connectivity index (χ0n) is 13.4. The fourth-order valence-corrected chi connectivity index (χ4v) is 3.25. The molecular weight excluding hydrogens is 326 g/mol. The predicted octanol–water partition coefficient (Wildman–Crippen LogP) is 4.56. The molecule has 1 aromatic carbocycles. The molecule has 1 aromatic heterocycles. The van der Waals surface area contributed by atoms with Gasteiger partial charge in [-0.15, -0.1) is 0 Å². The van der Waals surface area contributed by atoms with Gasteiger partial charge >= 0.3 is 0 Å². The van der Waals surface area contributed by atoms with Crippen LogP contribution in [0.3, 0.4) is 0 Å². The predicted molar refractivity (Wildman–Crippen MR) is 92.9 cm³/mol. The number of benzene rings is 1. The lowest BCUT2D eigenvalue weighted by Gasteiger charge is -2.24. The Morgan fingerprint density at radius 3 is 2.57 bits per heavy atom. The Labute approximate surface area is 136 Å². The lowest BCUT2D eigenvalue weighted by atomic mass is 10.2. The zero-order chi connectivity index (χ0) is 15.4. The molecule has 0 aliphatic heterocycles. The molecule has 0 amide bonds. The first-order valence-corrected chi connectivity index (χ1v) is 8.45. The van der Waals surface area contributed by atoms with Crippen LogP contribution in [0, 0.1) is 6.92 Å². The van der Waals surface area contributed by atoms with Crippen molar-refractivity contribution in [3.63, 3.8) is 0 Å². The van der Waals surface area contributed by atoms with Crippen LogP contribution in [-0.4, -0.2) is 16.3 Å². The minimum Gasteiger partial charge on any atom is -0.366 e. The molecule has 3 nitrogen and oxygen atoms in total. The Balaban J connectivity index is 2.32. The summed E-state index contributed by atoms with van der Waals surface area (Å²) in [6, 6.07) is 8.68. The number of rotatable bonds is 6. The van der Waals surface area contributed by atoms with E-state index in [4.69, 9.17) is 0 Å². The van der Waals surface area contributed by atoms with Crippen LogP contribution in [0.4, 0.5) is 5.69 Å². The van der Waals surface area contributed by atoms with Crippen molar-refractivity contribution < 1.29 is 0 Å². The summed E-state index contributed by atoms with van der Waals surface area (Å²) in [5.74, 6) is 0. The van der Waals surface area contributed by atoms with Gasteiger partial charge in [-0.25, -0.2) is 0 Å². The van der Waals surface area contributed by atoms with Gasteiger partial charge < -0.3 is 4.90 Å². The molecule has 2 aromatic rings. The first-order chi connectivity index (χ1) is 10.1. The summed E-state index contributed by atoms with van der Waals surface area (Å²) >= 11 is 3.74. The van der Waals surface area contributed by atoms with Gasteiger partial charge in [0.2, 0.25) is 0 Å². The smallest absolute Gasteiger partial charge is 0.0767 e. The third-order valence-corrected chi connectivity index (χ3v) is 4.70. The number of halogens is 1. The summed E-state index contributed by atoms with van der Waals surface area (Å²) in [6.07, 6.45) is 0.956. The number of nitrogens with zero attached hydrogens (tertiary/aromatic N) is 3. The summed E-state index contributed by atoms with van der Waals surface area (Å²) in [6.45, 7) is 11.4. The summed E-state index contributed by atoms with van der Waals surface area (Å²) in [7, 11) is 0. The quantitative estimate of drug-likeness (QED) is 0.761. The minimum absolute atomic E-state index is 0.876. The Hall–Kier alpha value is -1.29. The molecule has 2 rings (SSSR count). The average Bonchev–Trinajstić information content (AvgIpc) is 2.80. The van der Waals surface area contributed by atoms with E-state index < -0.39 is 0 Å². The average molecular weight is 350 g/mol. The van der Waals surface area contributed by atoms with E-state index in [0.717, 1.165) is 36.2 Å². The molecule has 0 aliphatic carbocycles. The van der Waals surface area contributed by atoms with E-state index in [2.05, 4.69) is 82.6 Å². The van der Waals surface area contributed by atoms with Crippen LogP contribution < -0.4 is 4.90 Å². The number of aromatic nitrogens is 2. The fraction of sp³-hybridized carbons (Fsp3) is 0.471. The SMILES string of the molecule is CCc1nn(CC)c(CN(CC)c2cccc(C)c2)c1Br. The Morgan fingerprint density at radius 1 is 1.24 bits per heavy atom. The normalized spacial score (nSPS) is 10.9. The van der Waals surface area contributed by atoms with Crippen molar-refractivity contribution in [2.24, 2.45) is 0 Å². The van der Waals surface area contributed by atoms with Gasteiger partial charge in [0, 0.05) is 18.8 Å². The zero-order valence-corrected chi connectivity index (χ0v) is 14.9. The topological polar surface area (TPSA) is 21.1 Å². The highest BCUT2D eigenvalue weighted by Gasteiger charge is 2.16. The maximum Gasteiger partial charge on any atom is 0.0767 e. The van der Waals surface area contributed by atoms with E-state index in [-0.39, 0.29) is 0 Å². The van der Waals surface area contributed by atoms with Gasteiger partial charge in [0.25, 0.3) is 0 Å². The maximum absolute atomic E-state index is 4.69. The van der Waals surface area contributed by atoms with Gasteiger partial charge in [0.15, 0.2) is 0 Å². The van der Waals surface area contributed by atoms with Crippen molar-refractivity contribution in [1.29, 1.82) is 0 Å². The second kappa shape index (κ2) is 7.12. The molecule has 0 N–H and O–H groups in total. The Bertz CT molecular complexity index is 604. The third kappa shape index (κ3) is 3.49. The van der Waals surface area contributed by atoms with Gasteiger partial charge in [0.1, 0.15) is 0 Å². The van der Waals surface area contributed by atoms with Crippen molar-refractivity contribution in [3.8, 4) is 0 Å². The molecule has 4 heteroatoms. The van der Waals surface area contributed by atoms with Crippen LogP contribution in [0.25, 0.3) is 0 Å². The maximum atomic E-state index is 4.69. The Kier molecular flexibility index (Phi) is 5.45. The molecule has 0 aliphatic rings. The van der Waals surface area contributed by atoms with Gasteiger partial charge in [-0.1, -0.05) is 19.1 Å². The molecule has 0 radical (unpaired) electrons. The van der Waals surface area contributed by atoms with Gasteiger partial charge in [-0.2, -0.15) is 5.10 Å². The monoisotopic (exact) mass is 349 g/mol. The highest BCUT2D eigenvalue weighted by Crippen LogP contribution is 2.26. The van der Waals surface area contributed by atoms with Crippen molar-refractivity contribution in [3.05, 3.63) is 45.7 Å². The van der Waals surface area contributed by atoms with E-state index in [1.54, 1.807) is 0 Å². The van der Waals surface area contributed by atoms with E-state index in [1.807, 2.05) is 0 Å². The van der Waals surface area contributed by atoms with E-state index >= 15 is 0 Å². The minimum atomic E-state index is 0.876. The third-order valence-electron chi connectivity index (χ3n) is 3.78. The van der Waals surface area contributed by atoms with Gasteiger partial charge in [0.05, 0.1) is 22.4 Å². The number of hydrogen-bond donors (Lipinski definition) is 0. The van der Waals surface area contributed by atoms with Gasteiger partial charge in [-0.05, 0) is 60.8 Å². The molecule has 0 atom stereocenters. The summed E-state index contributed by atoms with van der Waals surface area (Å²) in [4.78, 5) is 2.39. The van der Waals surface area contributed by atoms with E-state index in [0.29, 0.717) is 0 Å². The lowest BCUT2D eigenvalue weighted by molar-refractivity contribution is 0.604. The Morgan fingerprint density at radius 2 is 2.00 bits per heavy atom. The summed E-state index contributed by atoms with van der Waals surface area (Å²) in [5, 5.41) is 4.69. The highest BCUT2D eigenvalue weighted by molar-refractivity contribution is 9.10. The summed E-state index contributed by atoms with van der Waals surface area (Å²) in [5.41, 5.74) is 4.97. The van der Waals surface area contributed by atoms with Crippen molar-refractivity contribution >= 4 is 21.6 Å². The molecule has 114 valence electrons. The van der Waals surface area contributed by atoms with Crippen LogP contribution in [0.2, 0.25) is 0 Å². The van der Waals surface area contributed by atoms with Crippen molar-refractivity contribution in [2.75, 3.05) is 11.4 Å². The molecule has 0 bridgehead atoms. The molecule has 21 heavy (non-hydrogen) atoms. The first-order valence-electron chi connectivity index (χ1n) is 7.66. The summed E-state index contributed by atoms with van der Waals surface area (Å²) < 4.78 is 3.28. The standard InChI is InChI=1S/C17H24BrN3/c1-5-15-17(18)16(21(7-3)19-15)12-20(6-2)14-10-8-9-13(4)11-14/h8-11H,5-7,12H2,1-4H3. The van der Waals surface area contributed by atoms with Crippen molar-refractivity contribution in [2.45, 2.75) is 47.2 Å². The van der Waals surface area contributed by atoms with E-state index in [9.17, 15) is 0 Å². The second-order valence-electron chi connectivity index (χ2n) is 5.23. The largest absolute Gasteiger partial charge is 0.366 e. The highest BCUT2D eigenvalue weighted by atomic mass is 79.9. The van der Waals surface area contributed by atoms with Crippen molar-refractivity contribution in [1.82, 2.24) is 9.78 Å². The van der Waals surface area contributed by atoms with Crippen LogP contribution in [0.1, 0.15) is 37.7 Å². The fourth-order valence-electron chi connectivity index (χ4n) is 2.56. The van der Waals surface area contributed by atoms with Crippen LogP contribution in [-0.2, 0) is 19.5 Å². The number of anilines is 1. The molecule has 0 spiro atoms. The lowest BCUT2D eigenvalue weighted by Crippen LogP contribution is -2.24. The number of aryl methyl sites for hydroxylation is 3. The van der Waals surface area contributed by atoms with Crippen LogP contribution in [0.5, 0.6) is 0 Å². The molecule has 0 saturated carbocycles. The van der Waals surface area contributed by atoms with Gasteiger partial charge in [-0.3, -0.25) is 4.68 Å². The molecule has 0 fully saturated rings. The molecular formula is C17H24BrN3. The first kappa shape index (κ1) is 16.1. The molecule has 1 heterocycles. The van der Waals surface area contributed by atoms with Crippen LogP contribution >= 0.6 is 15.9 Å².